The quantitative estimate of drug-likeness (QED) is 0.602. The number of ether oxygens (including phenoxy) is 4. The number of thioether (sulfide) groups is 1. The van der Waals surface area contributed by atoms with E-state index in [9.17, 15) is 4.79 Å². The molecule has 0 saturated carbocycles. The van der Waals surface area contributed by atoms with E-state index in [1.54, 1.807) is 39.2 Å². The van der Waals surface area contributed by atoms with Crippen LogP contribution in [0, 0.1) is 6.92 Å². The maximum Gasteiger partial charge on any atom is 0.235 e. The first-order chi connectivity index (χ1) is 15.5. The van der Waals surface area contributed by atoms with E-state index in [4.69, 9.17) is 24.0 Å². The summed E-state index contributed by atoms with van der Waals surface area (Å²) in [5.74, 6) is 3.41. The van der Waals surface area contributed by atoms with Crippen LogP contribution in [0.4, 0.5) is 5.82 Å². The summed E-state index contributed by atoms with van der Waals surface area (Å²) in [5.41, 5.74) is 3.43. The van der Waals surface area contributed by atoms with Gasteiger partial charge in [0, 0.05) is 17.2 Å². The highest BCUT2D eigenvalue weighted by molar-refractivity contribution is 8.00. The second-order valence-corrected chi connectivity index (χ2v) is 8.24. The molecule has 0 spiro atoms. The van der Waals surface area contributed by atoms with Gasteiger partial charge in [-0.05, 0) is 37.3 Å². The van der Waals surface area contributed by atoms with Crippen molar-refractivity contribution in [3.63, 3.8) is 0 Å². The molecule has 0 radical (unpaired) electrons. The summed E-state index contributed by atoms with van der Waals surface area (Å²) in [6, 6.07) is 11.2. The summed E-state index contributed by atoms with van der Waals surface area (Å²) >= 11 is 1.52. The number of anilines is 1. The van der Waals surface area contributed by atoms with Gasteiger partial charge in [-0.2, -0.15) is 5.10 Å². The zero-order valence-electron chi connectivity index (χ0n) is 18.6. The molecule has 3 aromatic rings. The lowest BCUT2D eigenvalue weighted by molar-refractivity contribution is -0.113. The number of nitrogens with one attached hydrogen (secondary N) is 1. The highest BCUT2D eigenvalue weighted by Gasteiger charge is 2.33. The molecule has 1 aliphatic heterocycles. The number of aryl methyl sites for hydroxylation is 1. The monoisotopic (exact) mass is 455 g/mol. The van der Waals surface area contributed by atoms with Crippen LogP contribution in [0.25, 0.3) is 5.69 Å². The largest absolute Gasteiger partial charge is 0.497 e. The Balaban J connectivity index is 1.89. The number of rotatable bonds is 6. The molecule has 1 aromatic heterocycles. The van der Waals surface area contributed by atoms with Crippen LogP contribution in [0.2, 0.25) is 0 Å². The number of hydrogen-bond donors (Lipinski definition) is 1. The van der Waals surface area contributed by atoms with Gasteiger partial charge >= 0.3 is 0 Å². The second kappa shape index (κ2) is 9.04. The van der Waals surface area contributed by atoms with Gasteiger partial charge in [0.15, 0.2) is 11.5 Å². The van der Waals surface area contributed by atoms with Gasteiger partial charge in [0.25, 0.3) is 0 Å². The fourth-order valence-electron chi connectivity index (χ4n) is 3.80. The van der Waals surface area contributed by atoms with Gasteiger partial charge in [0.05, 0.1) is 50.8 Å². The topological polar surface area (TPSA) is 83.8 Å². The van der Waals surface area contributed by atoms with Gasteiger partial charge in [-0.1, -0.05) is 0 Å². The van der Waals surface area contributed by atoms with Crippen molar-refractivity contribution in [3.05, 3.63) is 53.2 Å². The average molecular weight is 456 g/mol. The molecule has 4 rings (SSSR count). The third kappa shape index (κ3) is 3.84. The molecule has 0 unspecified atom stereocenters. The Labute approximate surface area is 190 Å². The van der Waals surface area contributed by atoms with Gasteiger partial charge < -0.3 is 24.3 Å². The zero-order valence-corrected chi connectivity index (χ0v) is 19.4. The average Bonchev–Trinajstić information content (AvgIpc) is 3.03. The number of fused-ring (bicyclic) bond motifs is 1. The molecule has 1 aliphatic rings. The predicted molar refractivity (Wildman–Crippen MR) is 124 cm³/mol. The lowest BCUT2D eigenvalue weighted by atomic mass is 10.0. The molecular formula is C23H25N3O5S. The molecule has 2 aromatic carbocycles. The Morgan fingerprint density at radius 3 is 2.25 bits per heavy atom. The van der Waals surface area contributed by atoms with Crippen LogP contribution < -0.4 is 24.3 Å². The summed E-state index contributed by atoms with van der Waals surface area (Å²) in [4.78, 5) is 12.6. The van der Waals surface area contributed by atoms with E-state index in [1.807, 2.05) is 37.3 Å². The number of benzene rings is 2. The predicted octanol–water partition coefficient (Wildman–Crippen LogP) is 3.99. The Morgan fingerprint density at radius 2 is 1.62 bits per heavy atom. The molecule has 8 nitrogen and oxygen atoms in total. The van der Waals surface area contributed by atoms with Gasteiger partial charge in [0.1, 0.15) is 17.3 Å². The van der Waals surface area contributed by atoms with E-state index in [1.165, 1.54) is 11.8 Å². The van der Waals surface area contributed by atoms with Crippen LogP contribution >= 0.6 is 11.8 Å². The summed E-state index contributed by atoms with van der Waals surface area (Å²) < 4.78 is 23.7. The van der Waals surface area contributed by atoms with Crippen molar-refractivity contribution in [2.75, 3.05) is 39.5 Å². The van der Waals surface area contributed by atoms with Gasteiger partial charge in [-0.25, -0.2) is 4.68 Å². The minimum atomic E-state index is -0.203. The van der Waals surface area contributed by atoms with Crippen molar-refractivity contribution in [1.82, 2.24) is 9.78 Å². The van der Waals surface area contributed by atoms with Crippen molar-refractivity contribution in [3.8, 4) is 28.7 Å². The van der Waals surface area contributed by atoms with Gasteiger partial charge in [-0.3, -0.25) is 4.79 Å². The van der Waals surface area contributed by atoms with E-state index in [-0.39, 0.29) is 11.2 Å². The lowest BCUT2D eigenvalue weighted by Crippen LogP contribution is -2.15. The second-order valence-electron chi connectivity index (χ2n) is 7.15. The van der Waals surface area contributed by atoms with E-state index in [0.29, 0.717) is 28.8 Å². The third-order valence-corrected chi connectivity index (χ3v) is 6.59. The van der Waals surface area contributed by atoms with Crippen LogP contribution in [0.1, 0.15) is 22.1 Å². The van der Waals surface area contributed by atoms with Crippen molar-refractivity contribution in [2.24, 2.45) is 0 Å². The lowest BCUT2D eigenvalue weighted by Gasteiger charge is -2.20. The molecule has 2 heterocycles. The van der Waals surface area contributed by atoms with Crippen LogP contribution in [-0.4, -0.2) is 49.9 Å². The first-order valence-electron chi connectivity index (χ1n) is 9.96. The number of hydrogen-bond acceptors (Lipinski definition) is 7. The van der Waals surface area contributed by atoms with E-state index >= 15 is 0 Å². The Kier molecular flexibility index (Phi) is 6.18. The number of carbonyl (C=O) groups is 1. The first-order valence-corrected chi connectivity index (χ1v) is 11.0. The van der Waals surface area contributed by atoms with Crippen LogP contribution in [-0.2, 0) is 4.79 Å². The smallest absolute Gasteiger partial charge is 0.235 e. The van der Waals surface area contributed by atoms with Crippen LogP contribution in [0.5, 0.6) is 23.0 Å². The van der Waals surface area contributed by atoms with Crippen molar-refractivity contribution in [1.29, 1.82) is 0 Å². The van der Waals surface area contributed by atoms with Crippen molar-refractivity contribution in [2.45, 2.75) is 12.2 Å². The molecule has 168 valence electrons. The summed E-state index contributed by atoms with van der Waals surface area (Å²) in [7, 11) is 6.42. The molecule has 1 N–H and O–H groups in total. The third-order valence-electron chi connectivity index (χ3n) is 5.34. The molecule has 0 fully saturated rings. The van der Waals surface area contributed by atoms with Crippen LogP contribution in [0.15, 0.2) is 36.4 Å². The number of aromatic nitrogens is 2. The zero-order chi connectivity index (χ0) is 22.8. The standard InChI is InChI=1S/C23H25N3O5S/c1-13-21-22(16-10-18(30-4)19(31-5)11-17(16)29-3)32-12-20(27)24-23(21)26(25-13)14-6-8-15(28-2)9-7-14/h6-11,22H,12H2,1-5H3,(H,24,27)/t22-/m1/s1. The number of carbonyl (C=O) groups excluding carboxylic acids is 1. The molecule has 0 bridgehead atoms. The molecular weight excluding hydrogens is 430 g/mol. The van der Waals surface area contributed by atoms with E-state index in [0.717, 1.165) is 28.3 Å². The Hall–Kier alpha value is -3.33. The maximum atomic E-state index is 12.6. The van der Waals surface area contributed by atoms with Gasteiger partial charge in [-0.15, -0.1) is 11.8 Å². The van der Waals surface area contributed by atoms with Gasteiger partial charge in [0.2, 0.25) is 5.91 Å². The molecule has 0 saturated heterocycles. The number of methoxy groups -OCH3 is 4. The minimum Gasteiger partial charge on any atom is -0.497 e. The van der Waals surface area contributed by atoms with Crippen molar-refractivity contribution >= 4 is 23.5 Å². The molecule has 0 aliphatic carbocycles. The SMILES string of the molecule is COc1ccc(-n2nc(C)c3c2NC(=O)CS[C@@H]3c2cc(OC)c(OC)cc2OC)cc1. The molecule has 1 amide bonds. The highest BCUT2D eigenvalue weighted by atomic mass is 32.2. The Bertz CT molecular complexity index is 1140. The fraction of sp³-hybridized carbons (Fsp3) is 0.304. The fourth-order valence-corrected chi connectivity index (χ4v) is 5.00. The van der Waals surface area contributed by atoms with E-state index < -0.39 is 0 Å². The highest BCUT2D eigenvalue weighted by Crippen LogP contribution is 2.49. The number of nitrogens with zero attached hydrogens (tertiary/aromatic N) is 2. The summed E-state index contributed by atoms with van der Waals surface area (Å²) in [6.07, 6.45) is 0. The first kappa shape index (κ1) is 21.9. The van der Waals surface area contributed by atoms with E-state index in [2.05, 4.69) is 5.32 Å². The normalized spacial score (nSPS) is 15.4. The molecule has 32 heavy (non-hydrogen) atoms. The summed E-state index contributed by atoms with van der Waals surface area (Å²) in [6.45, 7) is 1.94. The van der Waals surface area contributed by atoms with Crippen LogP contribution in [0.3, 0.4) is 0 Å². The number of amides is 1. The summed E-state index contributed by atoms with van der Waals surface area (Å²) in [5, 5.41) is 7.59. The Morgan fingerprint density at radius 1 is 0.969 bits per heavy atom. The maximum absolute atomic E-state index is 12.6. The molecule has 9 heteroatoms. The minimum absolute atomic E-state index is 0.0899. The van der Waals surface area contributed by atoms with Crippen molar-refractivity contribution < 1.29 is 23.7 Å². The molecule has 1 atom stereocenters.